The van der Waals surface area contributed by atoms with E-state index in [0.717, 1.165) is 12.8 Å². The molecule has 0 bridgehead atoms. The zero-order chi connectivity index (χ0) is 11.0. The van der Waals surface area contributed by atoms with Crippen molar-refractivity contribution in [3.05, 3.63) is 0 Å². The zero-order valence-corrected chi connectivity index (χ0v) is 8.41. The summed E-state index contributed by atoms with van der Waals surface area (Å²) in [7, 11) is 0. The van der Waals surface area contributed by atoms with Crippen LogP contribution in [0.3, 0.4) is 0 Å². The molecule has 0 aliphatic heterocycles. The van der Waals surface area contributed by atoms with Gasteiger partial charge in [0.25, 0.3) is 0 Å². The summed E-state index contributed by atoms with van der Waals surface area (Å²) in [5, 5.41) is 2.27. The lowest BCUT2D eigenvalue weighted by Gasteiger charge is -2.10. The van der Waals surface area contributed by atoms with Crippen LogP contribution in [0.4, 0.5) is 4.79 Å². The smallest absolute Gasteiger partial charge is 0.407 e. The molecule has 0 aliphatic carbocycles. The highest BCUT2D eigenvalue weighted by Gasteiger charge is 2.16. The van der Waals surface area contributed by atoms with E-state index in [9.17, 15) is 9.59 Å². The van der Waals surface area contributed by atoms with Crippen LogP contribution in [0.2, 0.25) is 0 Å². The van der Waals surface area contributed by atoms with Gasteiger partial charge in [0, 0.05) is 0 Å². The minimum atomic E-state index is -0.797. The first kappa shape index (κ1) is 12.7. The van der Waals surface area contributed by atoms with Crippen LogP contribution in [0.15, 0.2) is 0 Å². The molecule has 0 saturated carbocycles. The number of carbonyl (C=O) groups is 2. The number of nitrogens with one attached hydrogen (secondary N) is 1. The standard InChI is InChI=1S/C8H16N2O4/c1-3-4-5-13-8(12)10-6(2)7(11)14-9/h6H,3-5,9H2,1-2H3,(H,10,12). The molecule has 0 radical (unpaired) electrons. The quantitative estimate of drug-likeness (QED) is 0.497. The highest BCUT2D eigenvalue weighted by Crippen LogP contribution is 1.90. The Hall–Kier alpha value is -1.30. The van der Waals surface area contributed by atoms with Crippen molar-refractivity contribution >= 4 is 12.1 Å². The van der Waals surface area contributed by atoms with Gasteiger partial charge in [0.15, 0.2) is 0 Å². The van der Waals surface area contributed by atoms with Gasteiger partial charge in [-0.3, -0.25) is 0 Å². The maximum absolute atomic E-state index is 11.0. The molecule has 0 heterocycles. The fraction of sp³-hybridized carbons (Fsp3) is 0.750. The van der Waals surface area contributed by atoms with E-state index < -0.39 is 18.1 Å². The molecule has 6 nitrogen and oxygen atoms in total. The third kappa shape index (κ3) is 5.36. The first-order valence-electron chi connectivity index (χ1n) is 4.45. The molecule has 1 atom stereocenters. The van der Waals surface area contributed by atoms with Crippen LogP contribution >= 0.6 is 0 Å². The number of hydrogen-bond acceptors (Lipinski definition) is 5. The van der Waals surface area contributed by atoms with Crippen molar-refractivity contribution in [2.24, 2.45) is 5.90 Å². The van der Waals surface area contributed by atoms with Crippen molar-refractivity contribution < 1.29 is 19.2 Å². The van der Waals surface area contributed by atoms with Crippen LogP contribution in [-0.2, 0) is 14.4 Å². The molecule has 1 amide bonds. The van der Waals surface area contributed by atoms with Crippen LogP contribution in [0.1, 0.15) is 26.7 Å². The highest BCUT2D eigenvalue weighted by atomic mass is 16.7. The molecule has 0 rings (SSSR count). The molecule has 0 aromatic heterocycles. The maximum Gasteiger partial charge on any atom is 0.407 e. The Bertz CT molecular complexity index is 196. The molecule has 0 spiro atoms. The van der Waals surface area contributed by atoms with E-state index in [0.29, 0.717) is 6.61 Å². The number of nitrogens with two attached hydrogens (primary N) is 1. The second kappa shape index (κ2) is 7.14. The van der Waals surface area contributed by atoms with Gasteiger partial charge >= 0.3 is 12.1 Å². The monoisotopic (exact) mass is 204 g/mol. The Balaban J connectivity index is 3.65. The van der Waals surface area contributed by atoms with E-state index in [1.807, 2.05) is 6.92 Å². The molecule has 0 aliphatic rings. The molecule has 1 unspecified atom stereocenters. The Morgan fingerprint density at radius 2 is 2.14 bits per heavy atom. The molecule has 14 heavy (non-hydrogen) atoms. The largest absolute Gasteiger partial charge is 0.450 e. The average Bonchev–Trinajstić information content (AvgIpc) is 2.16. The number of hydrogen-bond donors (Lipinski definition) is 2. The Labute approximate surface area is 82.7 Å². The third-order valence-electron chi connectivity index (χ3n) is 1.54. The van der Waals surface area contributed by atoms with Crippen molar-refractivity contribution in [3.63, 3.8) is 0 Å². The Morgan fingerprint density at radius 3 is 2.64 bits per heavy atom. The number of rotatable bonds is 5. The summed E-state index contributed by atoms with van der Waals surface area (Å²) in [6.07, 6.45) is 1.09. The van der Waals surface area contributed by atoms with Crippen molar-refractivity contribution in [1.29, 1.82) is 0 Å². The highest BCUT2D eigenvalue weighted by molar-refractivity contribution is 5.80. The molecule has 6 heteroatoms. The van der Waals surface area contributed by atoms with Gasteiger partial charge in [-0.15, -0.1) is 0 Å². The Morgan fingerprint density at radius 1 is 1.50 bits per heavy atom. The van der Waals surface area contributed by atoms with Gasteiger partial charge in [0.05, 0.1) is 6.61 Å². The van der Waals surface area contributed by atoms with Gasteiger partial charge in [-0.05, 0) is 13.3 Å². The maximum atomic E-state index is 11.0. The summed E-state index contributed by atoms with van der Waals surface area (Å²) in [4.78, 5) is 25.7. The van der Waals surface area contributed by atoms with E-state index >= 15 is 0 Å². The van der Waals surface area contributed by atoms with Crippen LogP contribution in [-0.4, -0.2) is 24.7 Å². The third-order valence-corrected chi connectivity index (χ3v) is 1.54. The SMILES string of the molecule is CCCCOC(=O)NC(C)C(=O)ON. The van der Waals surface area contributed by atoms with Crippen molar-refractivity contribution in [3.8, 4) is 0 Å². The van der Waals surface area contributed by atoms with Gasteiger partial charge in [-0.1, -0.05) is 13.3 Å². The van der Waals surface area contributed by atoms with Crippen molar-refractivity contribution in [1.82, 2.24) is 5.32 Å². The summed E-state index contributed by atoms with van der Waals surface area (Å²) >= 11 is 0. The van der Waals surface area contributed by atoms with Crippen LogP contribution in [0.5, 0.6) is 0 Å². The number of alkyl carbamates (subject to hydrolysis) is 1. The minimum absolute atomic E-state index is 0.340. The second-order valence-corrected chi connectivity index (χ2v) is 2.79. The lowest BCUT2D eigenvalue weighted by atomic mass is 10.3. The molecule has 82 valence electrons. The number of carbonyl (C=O) groups excluding carboxylic acids is 2. The number of amides is 1. The van der Waals surface area contributed by atoms with E-state index in [-0.39, 0.29) is 0 Å². The predicted molar refractivity (Wildman–Crippen MR) is 49.1 cm³/mol. The first-order valence-corrected chi connectivity index (χ1v) is 4.45. The topological polar surface area (TPSA) is 90.6 Å². The molecule has 0 saturated heterocycles. The molecule has 0 fully saturated rings. The molecular formula is C8H16N2O4. The second-order valence-electron chi connectivity index (χ2n) is 2.79. The zero-order valence-electron chi connectivity index (χ0n) is 8.41. The normalized spacial score (nSPS) is 11.6. The molecular weight excluding hydrogens is 188 g/mol. The fourth-order valence-electron chi connectivity index (χ4n) is 0.689. The van der Waals surface area contributed by atoms with Gasteiger partial charge < -0.3 is 14.9 Å². The minimum Gasteiger partial charge on any atom is -0.450 e. The summed E-state index contributed by atoms with van der Waals surface area (Å²) < 4.78 is 4.75. The van der Waals surface area contributed by atoms with Gasteiger partial charge in [-0.2, -0.15) is 5.90 Å². The lowest BCUT2D eigenvalue weighted by Crippen LogP contribution is -2.40. The van der Waals surface area contributed by atoms with Crippen LogP contribution in [0.25, 0.3) is 0 Å². The van der Waals surface area contributed by atoms with Gasteiger partial charge in [0.2, 0.25) is 0 Å². The summed E-state index contributed by atoms with van der Waals surface area (Å²) in [6.45, 7) is 3.78. The predicted octanol–water partition coefficient (Wildman–Crippen LogP) is 0.318. The lowest BCUT2D eigenvalue weighted by molar-refractivity contribution is -0.146. The van der Waals surface area contributed by atoms with Gasteiger partial charge in [-0.25, -0.2) is 9.59 Å². The molecule has 0 aromatic carbocycles. The number of unbranched alkanes of at least 4 members (excludes halogenated alkanes) is 1. The Kier molecular flexibility index (Phi) is 6.47. The van der Waals surface area contributed by atoms with Crippen LogP contribution < -0.4 is 11.2 Å². The van der Waals surface area contributed by atoms with E-state index in [1.165, 1.54) is 6.92 Å². The van der Waals surface area contributed by atoms with E-state index in [4.69, 9.17) is 4.74 Å². The molecule has 0 aromatic rings. The van der Waals surface area contributed by atoms with Crippen LogP contribution in [0, 0.1) is 0 Å². The fourth-order valence-corrected chi connectivity index (χ4v) is 0.689. The first-order chi connectivity index (χ1) is 6.61. The average molecular weight is 204 g/mol. The summed E-state index contributed by atoms with van der Waals surface area (Å²) in [5.74, 6) is 3.92. The summed E-state index contributed by atoms with van der Waals surface area (Å²) in [6, 6.07) is -0.797. The van der Waals surface area contributed by atoms with E-state index in [1.54, 1.807) is 0 Å². The van der Waals surface area contributed by atoms with Crippen molar-refractivity contribution in [2.75, 3.05) is 6.61 Å². The van der Waals surface area contributed by atoms with E-state index in [2.05, 4.69) is 16.1 Å². The molecule has 3 N–H and O–H groups in total. The van der Waals surface area contributed by atoms with Gasteiger partial charge in [0.1, 0.15) is 6.04 Å². The summed E-state index contributed by atoms with van der Waals surface area (Å²) in [5.41, 5.74) is 0. The number of ether oxygens (including phenoxy) is 1. The van der Waals surface area contributed by atoms with Crippen molar-refractivity contribution in [2.45, 2.75) is 32.7 Å².